The lowest BCUT2D eigenvalue weighted by Gasteiger charge is -2.28. The second-order valence-electron chi connectivity index (χ2n) is 4.15. The van der Waals surface area contributed by atoms with Crippen LogP contribution in [0.3, 0.4) is 0 Å². The first-order valence-corrected chi connectivity index (χ1v) is 7.86. The summed E-state index contributed by atoms with van der Waals surface area (Å²) in [6.45, 7) is 0.627. The summed E-state index contributed by atoms with van der Waals surface area (Å²) >= 11 is 3.41. The van der Waals surface area contributed by atoms with Crippen molar-refractivity contribution in [3.05, 3.63) is 29.8 Å². The highest BCUT2D eigenvalue weighted by Crippen LogP contribution is 2.25. The predicted octanol–water partition coefficient (Wildman–Crippen LogP) is 2.51. The minimum atomic E-state index is -3.94. The van der Waals surface area contributed by atoms with Gasteiger partial charge in [0.2, 0.25) is 10.0 Å². The molecule has 18 heavy (non-hydrogen) atoms. The molecule has 1 fully saturated rings. The first-order valence-electron chi connectivity index (χ1n) is 5.50. The Morgan fingerprint density at radius 1 is 1.22 bits per heavy atom. The summed E-state index contributed by atoms with van der Waals surface area (Å²) in [7, 11) is -3.94. The van der Waals surface area contributed by atoms with Gasteiger partial charge in [0.05, 0.1) is 0 Å². The number of halogens is 3. The highest BCUT2D eigenvalue weighted by atomic mass is 79.9. The Bertz CT molecular complexity index is 542. The molecule has 0 aliphatic carbocycles. The molecule has 1 aliphatic rings. The number of hydrogen-bond donors (Lipinski definition) is 0. The maximum absolute atomic E-state index is 13.5. The zero-order valence-electron chi connectivity index (χ0n) is 9.44. The highest BCUT2D eigenvalue weighted by molar-refractivity contribution is 9.09. The molecule has 1 heterocycles. The average molecular weight is 340 g/mol. The maximum Gasteiger partial charge on any atom is 0.246 e. The fourth-order valence-corrected chi connectivity index (χ4v) is 3.83. The lowest BCUT2D eigenvalue weighted by molar-refractivity contribution is 0.352. The van der Waals surface area contributed by atoms with Gasteiger partial charge in [0.15, 0.2) is 0 Å². The van der Waals surface area contributed by atoms with Crippen LogP contribution in [0, 0.1) is 11.6 Å². The Labute approximate surface area is 113 Å². The number of nitrogens with zero attached hydrogens (tertiary/aromatic N) is 1. The van der Waals surface area contributed by atoms with Crippen LogP contribution < -0.4 is 0 Å². The van der Waals surface area contributed by atoms with Gasteiger partial charge in [-0.25, -0.2) is 17.2 Å². The molecule has 0 radical (unpaired) electrons. The highest BCUT2D eigenvalue weighted by Gasteiger charge is 2.30. The van der Waals surface area contributed by atoms with E-state index in [4.69, 9.17) is 0 Å². The van der Waals surface area contributed by atoms with E-state index in [1.807, 2.05) is 0 Å². The second-order valence-corrected chi connectivity index (χ2v) is 7.35. The third-order valence-corrected chi connectivity index (χ3v) is 5.72. The third kappa shape index (κ3) is 2.73. The molecule has 0 atom stereocenters. The number of hydrogen-bond acceptors (Lipinski definition) is 2. The standard InChI is InChI=1S/C11H12BrF2NO2S/c12-8-3-5-15(6-4-8)18(16,17)11-7-9(13)1-2-10(11)14/h1-2,7-8H,3-6H2. The van der Waals surface area contributed by atoms with Gasteiger partial charge in [0.25, 0.3) is 0 Å². The van der Waals surface area contributed by atoms with E-state index in [1.165, 1.54) is 4.31 Å². The second kappa shape index (κ2) is 5.22. The largest absolute Gasteiger partial charge is 0.246 e. The van der Waals surface area contributed by atoms with Crippen LogP contribution in [0.5, 0.6) is 0 Å². The fraction of sp³-hybridized carbons (Fsp3) is 0.455. The van der Waals surface area contributed by atoms with Crippen LogP contribution in [-0.2, 0) is 10.0 Å². The molecule has 100 valence electrons. The van der Waals surface area contributed by atoms with Crippen LogP contribution in [0.25, 0.3) is 0 Å². The van der Waals surface area contributed by atoms with E-state index in [0.29, 0.717) is 25.9 Å². The van der Waals surface area contributed by atoms with Crippen LogP contribution in [0.1, 0.15) is 12.8 Å². The molecule has 0 saturated carbocycles. The molecule has 0 N–H and O–H groups in total. The Hall–Kier alpha value is -0.530. The van der Waals surface area contributed by atoms with Crippen molar-refractivity contribution in [2.75, 3.05) is 13.1 Å². The van der Waals surface area contributed by atoms with Gasteiger partial charge in [-0.05, 0) is 31.0 Å². The van der Waals surface area contributed by atoms with Gasteiger partial charge in [-0.1, -0.05) is 15.9 Å². The molecule has 1 aromatic carbocycles. The molecule has 2 rings (SSSR count). The van der Waals surface area contributed by atoms with Crippen molar-refractivity contribution in [2.45, 2.75) is 22.6 Å². The van der Waals surface area contributed by atoms with Crippen molar-refractivity contribution in [1.29, 1.82) is 0 Å². The predicted molar refractivity (Wildman–Crippen MR) is 67.1 cm³/mol. The Morgan fingerprint density at radius 3 is 2.44 bits per heavy atom. The Kier molecular flexibility index (Phi) is 4.03. The minimum absolute atomic E-state index is 0.279. The van der Waals surface area contributed by atoms with E-state index >= 15 is 0 Å². The third-order valence-electron chi connectivity index (χ3n) is 2.89. The van der Waals surface area contributed by atoms with E-state index in [9.17, 15) is 17.2 Å². The molecule has 0 aromatic heterocycles. The van der Waals surface area contributed by atoms with Gasteiger partial charge in [0, 0.05) is 17.9 Å². The van der Waals surface area contributed by atoms with E-state index < -0.39 is 26.6 Å². The zero-order valence-corrected chi connectivity index (χ0v) is 11.8. The maximum atomic E-state index is 13.5. The van der Waals surface area contributed by atoms with Gasteiger partial charge in [0.1, 0.15) is 16.5 Å². The van der Waals surface area contributed by atoms with Crippen LogP contribution in [0.2, 0.25) is 0 Å². The summed E-state index contributed by atoms with van der Waals surface area (Å²) in [6.07, 6.45) is 1.33. The van der Waals surface area contributed by atoms with Crippen LogP contribution in [-0.4, -0.2) is 30.6 Å². The van der Waals surface area contributed by atoms with Crippen LogP contribution in [0.15, 0.2) is 23.1 Å². The normalized spacial score (nSPS) is 19.1. The molecule has 0 bridgehead atoms. The molecule has 1 aromatic rings. The number of benzene rings is 1. The number of sulfonamides is 1. The Morgan fingerprint density at radius 2 is 1.83 bits per heavy atom. The van der Waals surface area contributed by atoms with E-state index in [1.54, 1.807) is 0 Å². The molecular weight excluding hydrogens is 328 g/mol. The van der Waals surface area contributed by atoms with Crippen molar-refractivity contribution in [1.82, 2.24) is 4.31 Å². The molecule has 0 unspecified atom stereocenters. The molecule has 1 aliphatic heterocycles. The van der Waals surface area contributed by atoms with Crippen molar-refractivity contribution >= 4 is 26.0 Å². The van der Waals surface area contributed by atoms with Crippen LogP contribution in [0.4, 0.5) is 8.78 Å². The molecule has 1 saturated heterocycles. The summed E-state index contributed by atoms with van der Waals surface area (Å²) < 4.78 is 52.1. The fourth-order valence-electron chi connectivity index (χ4n) is 1.88. The van der Waals surface area contributed by atoms with Gasteiger partial charge in [-0.15, -0.1) is 0 Å². The summed E-state index contributed by atoms with van der Waals surface area (Å²) in [5, 5.41) is 0. The van der Waals surface area contributed by atoms with E-state index in [2.05, 4.69) is 15.9 Å². The van der Waals surface area contributed by atoms with E-state index in [0.717, 1.165) is 18.2 Å². The molecular formula is C11H12BrF2NO2S. The van der Waals surface area contributed by atoms with Gasteiger partial charge in [-0.2, -0.15) is 4.31 Å². The zero-order chi connectivity index (χ0) is 13.3. The van der Waals surface area contributed by atoms with Crippen LogP contribution >= 0.6 is 15.9 Å². The monoisotopic (exact) mass is 339 g/mol. The molecule has 3 nitrogen and oxygen atoms in total. The topological polar surface area (TPSA) is 37.4 Å². The van der Waals surface area contributed by atoms with Gasteiger partial charge >= 0.3 is 0 Å². The Balaban J connectivity index is 2.33. The summed E-state index contributed by atoms with van der Waals surface area (Å²) in [5.74, 6) is -1.68. The lowest BCUT2D eigenvalue weighted by atomic mass is 10.2. The van der Waals surface area contributed by atoms with Crippen molar-refractivity contribution < 1.29 is 17.2 Å². The average Bonchev–Trinajstić information content (AvgIpc) is 2.32. The van der Waals surface area contributed by atoms with Crippen molar-refractivity contribution in [3.8, 4) is 0 Å². The quantitative estimate of drug-likeness (QED) is 0.776. The number of rotatable bonds is 2. The lowest BCUT2D eigenvalue weighted by Crippen LogP contribution is -2.39. The SMILES string of the molecule is O=S(=O)(c1cc(F)ccc1F)N1CCC(Br)CC1. The molecule has 7 heteroatoms. The number of alkyl halides is 1. The molecule has 0 amide bonds. The van der Waals surface area contributed by atoms with E-state index in [-0.39, 0.29) is 4.83 Å². The summed E-state index contributed by atoms with van der Waals surface area (Å²) in [5.41, 5.74) is 0. The minimum Gasteiger partial charge on any atom is -0.207 e. The summed E-state index contributed by atoms with van der Waals surface area (Å²) in [6, 6.07) is 2.46. The first kappa shape index (κ1) is 13.9. The first-order chi connectivity index (χ1) is 8.41. The summed E-state index contributed by atoms with van der Waals surface area (Å²) in [4.78, 5) is -0.308. The van der Waals surface area contributed by atoms with Crippen molar-refractivity contribution in [3.63, 3.8) is 0 Å². The smallest absolute Gasteiger partial charge is 0.207 e. The van der Waals surface area contributed by atoms with Crippen molar-refractivity contribution in [2.24, 2.45) is 0 Å². The molecule has 0 spiro atoms. The number of piperidine rings is 1. The van der Waals surface area contributed by atoms with Gasteiger partial charge < -0.3 is 0 Å². The van der Waals surface area contributed by atoms with Gasteiger partial charge in [-0.3, -0.25) is 0 Å².